The highest BCUT2D eigenvalue weighted by Crippen LogP contribution is 2.52. The number of aryl methyl sites for hydroxylation is 2. The molecule has 4 aliphatic heterocycles. The number of imide groups is 1. The molecule has 286 valence electrons. The number of hydrogen-bond donors (Lipinski definition) is 3. The molecule has 0 radical (unpaired) electrons. The Hall–Kier alpha value is -5.76. The molecule has 1 saturated carbocycles. The minimum absolute atomic E-state index is 0.0438. The van der Waals surface area contributed by atoms with Gasteiger partial charge in [0.05, 0.1) is 28.0 Å². The average molecular weight is 753 g/mol. The number of benzene rings is 2. The maximum atomic E-state index is 13.2. The largest absolute Gasteiger partial charge is 0.371 e. The standard InChI is InChI=1S/C42H44N10O4/c1-48-32-18-28(7-9-30(32)52(41(48)56)31-10-11-33(53)45-39(31)54)51-21-24(22-51)20-49-14-16-50(17-15-49)27-5-2-25(3-6-27)38-43-19-26-4-8-29-34-37(46-36(29)35(26)47-38)42(12-13-42)23-44-40(34)55/h2-3,5-7,9,18-19,24,31,46H,4,8,10-17,20-23H2,1H3,(H,44,55)(H,45,53,54). The van der Waals surface area contributed by atoms with Crippen molar-refractivity contribution in [2.24, 2.45) is 13.0 Å². The van der Waals surface area contributed by atoms with E-state index in [0.717, 1.165) is 129 Å². The van der Waals surface area contributed by atoms with Gasteiger partial charge in [0.1, 0.15) is 6.04 Å². The van der Waals surface area contributed by atoms with Crippen molar-refractivity contribution in [2.75, 3.05) is 62.2 Å². The number of nitrogens with zero attached hydrogens (tertiary/aromatic N) is 7. The lowest BCUT2D eigenvalue weighted by atomic mass is 9.88. The van der Waals surface area contributed by atoms with Crippen LogP contribution in [0, 0.1) is 5.92 Å². The van der Waals surface area contributed by atoms with Gasteiger partial charge in [0.15, 0.2) is 5.82 Å². The normalized spacial score (nSPS) is 21.7. The third kappa shape index (κ3) is 5.25. The molecule has 14 nitrogen and oxygen atoms in total. The van der Waals surface area contributed by atoms with E-state index in [4.69, 9.17) is 9.97 Å². The van der Waals surface area contributed by atoms with Crippen LogP contribution in [0.4, 0.5) is 11.4 Å². The van der Waals surface area contributed by atoms with Crippen molar-refractivity contribution in [3.05, 3.63) is 81.5 Å². The van der Waals surface area contributed by atoms with Crippen molar-refractivity contribution in [3.63, 3.8) is 0 Å². The molecule has 3 aromatic heterocycles. The monoisotopic (exact) mass is 752 g/mol. The zero-order chi connectivity index (χ0) is 37.9. The second kappa shape index (κ2) is 12.4. The number of rotatable bonds is 6. The highest BCUT2D eigenvalue weighted by molar-refractivity contribution is 6.01. The summed E-state index contributed by atoms with van der Waals surface area (Å²) < 4.78 is 3.13. The first-order chi connectivity index (χ1) is 27.2. The van der Waals surface area contributed by atoms with Gasteiger partial charge in [-0.25, -0.2) is 14.8 Å². The summed E-state index contributed by atoms with van der Waals surface area (Å²) in [6, 6.07) is 14.0. The van der Waals surface area contributed by atoms with E-state index in [1.807, 2.05) is 24.4 Å². The number of imidazole rings is 1. The Morgan fingerprint density at radius 1 is 0.875 bits per heavy atom. The van der Waals surface area contributed by atoms with Crippen molar-refractivity contribution in [1.29, 1.82) is 0 Å². The van der Waals surface area contributed by atoms with Crippen molar-refractivity contribution in [1.82, 2.24) is 39.6 Å². The number of hydrogen-bond acceptors (Lipinski definition) is 9. The fourth-order valence-corrected chi connectivity index (χ4v) is 9.90. The minimum atomic E-state index is -0.680. The van der Waals surface area contributed by atoms with Crippen LogP contribution in [0.2, 0.25) is 0 Å². The molecule has 2 aliphatic carbocycles. The van der Waals surface area contributed by atoms with Crippen molar-refractivity contribution in [2.45, 2.75) is 50.0 Å². The van der Waals surface area contributed by atoms with Crippen LogP contribution in [0.3, 0.4) is 0 Å². The molecule has 3 saturated heterocycles. The third-order valence-corrected chi connectivity index (χ3v) is 13.3. The van der Waals surface area contributed by atoms with E-state index >= 15 is 0 Å². The van der Waals surface area contributed by atoms with Crippen molar-refractivity contribution in [3.8, 4) is 22.8 Å². The second-order valence-corrected chi connectivity index (χ2v) is 16.7. The van der Waals surface area contributed by atoms with E-state index in [0.29, 0.717) is 23.7 Å². The average Bonchev–Trinajstić information content (AvgIpc) is 3.80. The maximum absolute atomic E-state index is 13.2. The van der Waals surface area contributed by atoms with Crippen LogP contribution < -0.4 is 26.1 Å². The number of nitrogens with one attached hydrogen (secondary N) is 3. The number of aromatic amines is 1. The molecular formula is C42H44N10O4. The molecule has 1 spiro atoms. The zero-order valence-corrected chi connectivity index (χ0v) is 31.4. The Morgan fingerprint density at radius 2 is 1.66 bits per heavy atom. The quantitative estimate of drug-likeness (QED) is 0.223. The molecule has 14 heteroatoms. The number of carbonyl (C=O) groups is 3. The molecular weight excluding hydrogens is 709 g/mol. The molecule has 4 fully saturated rings. The summed E-state index contributed by atoms with van der Waals surface area (Å²) in [6.07, 6.45) is 6.40. The number of piperazine rings is 1. The van der Waals surface area contributed by atoms with Crippen LogP contribution >= 0.6 is 0 Å². The first kappa shape index (κ1) is 33.6. The number of H-pyrrole nitrogens is 1. The lowest BCUT2D eigenvalue weighted by molar-refractivity contribution is -0.135. The molecule has 6 aliphatic rings. The Balaban J connectivity index is 0.712. The minimum Gasteiger partial charge on any atom is -0.371 e. The number of aromatic nitrogens is 5. The predicted molar refractivity (Wildman–Crippen MR) is 211 cm³/mol. The fourth-order valence-electron chi connectivity index (χ4n) is 9.90. The first-order valence-corrected chi connectivity index (χ1v) is 20.0. The van der Waals surface area contributed by atoms with Gasteiger partial charge in [-0.3, -0.25) is 33.7 Å². The molecule has 1 atom stereocenters. The molecule has 56 heavy (non-hydrogen) atoms. The molecule has 11 rings (SSSR count). The molecule has 5 aromatic rings. The number of amides is 3. The molecule has 2 aromatic carbocycles. The summed E-state index contributed by atoms with van der Waals surface area (Å²) in [5.74, 6) is 0.613. The molecule has 1 unspecified atom stereocenters. The smallest absolute Gasteiger partial charge is 0.329 e. The van der Waals surface area contributed by atoms with Crippen LogP contribution in [-0.4, -0.2) is 99.1 Å². The Bertz CT molecular complexity index is 2530. The van der Waals surface area contributed by atoms with Crippen LogP contribution in [0.1, 0.15) is 58.9 Å². The molecule has 7 heterocycles. The van der Waals surface area contributed by atoms with Gasteiger partial charge in [0.25, 0.3) is 5.91 Å². The summed E-state index contributed by atoms with van der Waals surface area (Å²) in [5.41, 5.74) is 10.7. The second-order valence-electron chi connectivity index (χ2n) is 16.7. The van der Waals surface area contributed by atoms with E-state index in [9.17, 15) is 19.2 Å². The molecule has 3 amide bonds. The Morgan fingerprint density at radius 3 is 2.43 bits per heavy atom. The summed E-state index contributed by atoms with van der Waals surface area (Å²) >= 11 is 0. The summed E-state index contributed by atoms with van der Waals surface area (Å²) in [4.78, 5) is 71.3. The van der Waals surface area contributed by atoms with Gasteiger partial charge < -0.3 is 20.1 Å². The van der Waals surface area contributed by atoms with Crippen molar-refractivity contribution >= 4 is 40.1 Å². The number of piperidine rings is 1. The molecule has 0 bridgehead atoms. The summed E-state index contributed by atoms with van der Waals surface area (Å²) in [6.45, 7) is 7.66. The fraction of sp³-hybridized carbons (Fsp3) is 0.429. The van der Waals surface area contributed by atoms with Crippen LogP contribution in [0.25, 0.3) is 33.8 Å². The van der Waals surface area contributed by atoms with Gasteiger partial charge in [0, 0.05) is 106 Å². The van der Waals surface area contributed by atoms with Crippen LogP contribution in [0.5, 0.6) is 0 Å². The highest BCUT2D eigenvalue weighted by atomic mass is 16.2. The lowest BCUT2D eigenvalue weighted by Gasteiger charge is -2.45. The SMILES string of the molecule is Cn1c(=O)n(C2CCC(=O)NC2=O)c2ccc(N3CC(CN4CCN(c5ccc(-c6ncc7c(n6)-c6[nH]c8c(c6CC7)C(=O)NCC86CC6)cc5)CC4)C3)cc21. The Labute approximate surface area is 322 Å². The van der Waals surface area contributed by atoms with Gasteiger partial charge in [-0.1, -0.05) is 0 Å². The van der Waals surface area contributed by atoms with Gasteiger partial charge >= 0.3 is 5.69 Å². The van der Waals surface area contributed by atoms with Gasteiger partial charge in [-0.15, -0.1) is 0 Å². The topological polar surface area (TPSA) is 153 Å². The van der Waals surface area contributed by atoms with Crippen LogP contribution in [-0.2, 0) is 34.9 Å². The predicted octanol–water partition coefficient (Wildman–Crippen LogP) is 2.90. The molecule has 3 N–H and O–H groups in total. The van der Waals surface area contributed by atoms with E-state index in [1.165, 1.54) is 10.3 Å². The van der Waals surface area contributed by atoms with E-state index < -0.39 is 11.9 Å². The number of fused-ring (bicyclic) bond motifs is 7. The highest BCUT2D eigenvalue weighted by Gasteiger charge is 2.52. The van der Waals surface area contributed by atoms with Crippen LogP contribution in [0.15, 0.2) is 53.5 Å². The maximum Gasteiger partial charge on any atom is 0.329 e. The first-order valence-electron chi connectivity index (χ1n) is 20.0. The Kier molecular flexibility index (Phi) is 7.42. The van der Waals surface area contributed by atoms with Gasteiger partial charge in [0.2, 0.25) is 11.8 Å². The van der Waals surface area contributed by atoms with Gasteiger partial charge in [-0.2, -0.15) is 0 Å². The zero-order valence-electron chi connectivity index (χ0n) is 31.4. The van der Waals surface area contributed by atoms with E-state index in [2.05, 4.69) is 54.6 Å². The van der Waals surface area contributed by atoms with Gasteiger partial charge in [-0.05, 0) is 85.7 Å². The van der Waals surface area contributed by atoms with E-state index in [-0.39, 0.29) is 29.3 Å². The number of anilines is 2. The van der Waals surface area contributed by atoms with Crippen molar-refractivity contribution < 1.29 is 14.4 Å². The third-order valence-electron chi connectivity index (χ3n) is 13.3. The lowest BCUT2D eigenvalue weighted by Crippen LogP contribution is -2.55. The summed E-state index contributed by atoms with van der Waals surface area (Å²) in [7, 11) is 1.74. The van der Waals surface area contributed by atoms with E-state index in [1.54, 1.807) is 11.6 Å². The summed E-state index contributed by atoms with van der Waals surface area (Å²) in [5, 5.41) is 5.52. The number of carbonyl (C=O) groups excluding carboxylic acids is 3.